The van der Waals surface area contributed by atoms with E-state index in [2.05, 4.69) is 27.0 Å². The molecule has 1 fully saturated rings. The van der Waals surface area contributed by atoms with Gasteiger partial charge in [-0.1, -0.05) is 72.0 Å². The van der Waals surface area contributed by atoms with Gasteiger partial charge in [0.05, 0.1) is 12.4 Å². The van der Waals surface area contributed by atoms with E-state index < -0.39 is 5.79 Å². The summed E-state index contributed by atoms with van der Waals surface area (Å²) in [6, 6.07) is 0. The fraction of sp³-hybridized carbons (Fsp3) is 0.810. The van der Waals surface area contributed by atoms with Gasteiger partial charge in [0, 0.05) is 6.42 Å². The number of ether oxygens (including phenoxy) is 3. The molecule has 0 aromatic heterocycles. The lowest BCUT2D eigenvalue weighted by Gasteiger charge is -2.25. The molecule has 0 amide bonds. The van der Waals surface area contributed by atoms with Gasteiger partial charge in [-0.2, -0.15) is 0 Å². The first-order chi connectivity index (χ1) is 11.5. The molecule has 140 valence electrons. The summed E-state index contributed by atoms with van der Waals surface area (Å²) < 4.78 is 17.6. The van der Waals surface area contributed by atoms with Gasteiger partial charge in [0.15, 0.2) is 5.79 Å². The molecule has 24 heavy (non-hydrogen) atoms. The lowest BCUT2D eigenvalue weighted by atomic mass is 10.1. The number of rotatable bonds is 14. The van der Waals surface area contributed by atoms with Crippen molar-refractivity contribution in [3.05, 3.63) is 24.5 Å². The Labute approximate surface area is 149 Å². The van der Waals surface area contributed by atoms with Crippen molar-refractivity contribution in [1.29, 1.82) is 0 Å². The Morgan fingerprint density at radius 1 is 1.00 bits per heavy atom. The smallest absolute Gasteiger partial charge is 0.188 e. The van der Waals surface area contributed by atoms with Crippen molar-refractivity contribution in [3.63, 3.8) is 0 Å². The van der Waals surface area contributed by atoms with Crippen molar-refractivity contribution in [1.82, 2.24) is 0 Å². The summed E-state index contributed by atoms with van der Waals surface area (Å²) >= 11 is 0. The molecule has 0 bridgehead atoms. The highest BCUT2D eigenvalue weighted by Crippen LogP contribution is 2.32. The number of allylic oxidation sites excluding steroid dienone is 1. The number of hydrogen-bond acceptors (Lipinski definition) is 3. The highest BCUT2D eigenvalue weighted by Gasteiger charge is 2.39. The molecule has 0 aromatic carbocycles. The lowest BCUT2D eigenvalue weighted by molar-refractivity contribution is -0.130. The van der Waals surface area contributed by atoms with Crippen molar-refractivity contribution >= 4 is 0 Å². The summed E-state index contributed by atoms with van der Waals surface area (Å²) in [6.07, 6.45) is 12.0. The van der Waals surface area contributed by atoms with E-state index in [1.807, 2.05) is 6.92 Å². The molecule has 3 heteroatoms. The lowest BCUT2D eigenvalue weighted by Crippen LogP contribution is -2.30. The maximum atomic E-state index is 6.01. The molecular formula is C21H38O3. The van der Waals surface area contributed by atoms with Crippen molar-refractivity contribution in [2.45, 2.75) is 96.9 Å². The molecular weight excluding hydrogens is 300 g/mol. The van der Waals surface area contributed by atoms with Crippen LogP contribution >= 0.6 is 0 Å². The maximum Gasteiger partial charge on any atom is 0.188 e. The monoisotopic (exact) mass is 338 g/mol. The van der Waals surface area contributed by atoms with E-state index in [0.717, 1.165) is 37.0 Å². The first-order valence-corrected chi connectivity index (χ1v) is 9.82. The Kier molecular flexibility index (Phi) is 10.4. The summed E-state index contributed by atoms with van der Waals surface area (Å²) in [5.41, 5.74) is 1.01. The minimum Gasteiger partial charge on any atom is -0.496 e. The van der Waals surface area contributed by atoms with E-state index in [0.29, 0.717) is 13.2 Å². The quantitative estimate of drug-likeness (QED) is 0.216. The molecule has 0 spiro atoms. The van der Waals surface area contributed by atoms with E-state index in [1.54, 1.807) is 0 Å². The Morgan fingerprint density at radius 3 is 2.33 bits per heavy atom. The molecule has 0 saturated carbocycles. The van der Waals surface area contributed by atoms with Crippen LogP contribution in [0, 0.1) is 0 Å². The van der Waals surface area contributed by atoms with E-state index in [4.69, 9.17) is 14.2 Å². The number of hydrogen-bond donors (Lipinski definition) is 0. The molecule has 1 aliphatic rings. The van der Waals surface area contributed by atoms with Crippen LogP contribution in [0.5, 0.6) is 0 Å². The maximum absolute atomic E-state index is 6.01. The topological polar surface area (TPSA) is 27.7 Å². The van der Waals surface area contributed by atoms with Gasteiger partial charge in [-0.25, -0.2) is 0 Å². The van der Waals surface area contributed by atoms with Crippen LogP contribution in [0.3, 0.4) is 0 Å². The molecule has 0 N–H and O–H groups in total. The third kappa shape index (κ3) is 7.85. The van der Waals surface area contributed by atoms with Gasteiger partial charge >= 0.3 is 0 Å². The third-order valence-corrected chi connectivity index (χ3v) is 4.66. The van der Waals surface area contributed by atoms with E-state index >= 15 is 0 Å². The second-order valence-corrected chi connectivity index (χ2v) is 7.07. The van der Waals surface area contributed by atoms with Crippen molar-refractivity contribution in [3.8, 4) is 0 Å². The Balaban J connectivity index is 2.10. The molecule has 1 saturated heterocycles. The Hall–Kier alpha value is -0.800. The molecule has 3 nitrogen and oxygen atoms in total. The highest BCUT2D eigenvalue weighted by molar-refractivity contribution is 5.08. The van der Waals surface area contributed by atoms with Crippen molar-refractivity contribution in [2.24, 2.45) is 0 Å². The van der Waals surface area contributed by atoms with Crippen molar-refractivity contribution < 1.29 is 14.2 Å². The molecule has 2 unspecified atom stereocenters. The predicted molar refractivity (Wildman–Crippen MR) is 101 cm³/mol. The fourth-order valence-corrected chi connectivity index (χ4v) is 3.00. The molecule has 1 heterocycles. The fourth-order valence-electron chi connectivity index (χ4n) is 3.00. The average Bonchev–Trinajstić information content (AvgIpc) is 2.95. The first-order valence-electron chi connectivity index (χ1n) is 9.82. The highest BCUT2D eigenvalue weighted by atomic mass is 16.7. The van der Waals surface area contributed by atoms with Crippen LogP contribution in [-0.4, -0.2) is 25.1 Å². The Bertz CT molecular complexity index is 377. The SMILES string of the molecule is C=C(CCCCCCCCC)OCC1COC(C)(C(=C)CCC)O1. The summed E-state index contributed by atoms with van der Waals surface area (Å²) in [5.74, 6) is 0.220. The zero-order valence-electron chi connectivity index (χ0n) is 16.2. The summed E-state index contributed by atoms with van der Waals surface area (Å²) in [7, 11) is 0. The number of unbranched alkanes of at least 4 members (excludes halogenated alkanes) is 6. The molecule has 0 aromatic rings. The second kappa shape index (κ2) is 11.7. The Morgan fingerprint density at radius 2 is 1.67 bits per heavy atom. The van der Waals surface area contributed by atoms with Gasteiger partial charge in [0.1, 0.15) is 12.7 Å². The van der Waals surface area contributed by atoms with E-state index in [9.17, 15) is 0 Å². The van der Waals surface area contributed by atoms with Gasteiger partial charge in [0.25, 0.3) is 0 Å². The summed E-state index contributed by atoms with van der Waals surface area (Å²) in [4.78, 5) is 0. The summed E-state index contributed by atoms with van der Waals surface area (Å²) in [6.45, 7) is 15.5. The molecule has 1 rings (SSSR count). The normalized spacial score (nSPS) is 23.4. The van der Waals surface area contributed by atoms with Crippen LogP contribution in [0.2, 0.25) is 0 Å². The van der Waals surface area contributed by atoms with Crippen LogP contribution in [0.25, 0.3) is 0 Å². The minimum atomic E-state index is -0.649. The molecule has 0 radical (unpaired) electrons. The van der Waals surface area contributed by atoms with Gasteiger partial charge in [-0.3, -0.25) is 0 Å². The summed E-state index contributed by atoms with van der Waals surface area (Å²) in [5, 5.41) is 0. The average molecular weight is 339 g/mol. The van der Waals surface area contributed by atoms with E-state index in [1.165, 1.54) is 38.5 Å². The standard InChI is InChI=1S/C21H38O3/c1-6-8-9-10-11-12-13-15-19(4)22-16-20-17-23-21(5,24-20)18(3)14-7-2/h20H,3-4,6-17H2,1-2,5H3. The van der Waals surface area contributed by atoms with Gasteiger partial charge < -0.3 is 14.2 Å². The van der Waals surface area contributed by atoms with Gasteiger partial charge in [-0.15, -0.1) is 0 Å². The molecule has 0 aliphatic carbocycles. The predicted octanol–water partition coefficient (Wildman–Crippen LogP) is 6.15. The molecule has 2 atom stereocenters. The molecule has 1 aliphatic heterocycles. The van der Waals surface area contributed by atoms with Crippen LogP contribution in [-0.2, 0) is 14.2 Å². The third-order valence-electron chi connectivity index (χ3n) is 4.66. The zero-order valence-corrected chi connectivity index (χ0v) is 16.2. The van der Waals surface area contributed by atoms with Gasteiger partial charge in [0.2, 0.25) is 0 Å². The van der Waals surface area contributed by atoms with Crippen LogP contribution in [0.15, 0.2) is 24.5 Å². The van der Waals surface area contributed by atoms with Crippen LogP contribution in [0.1, 0.15) is 85.0 Å². The zero-order chi connectivity index (χ0) is 17.8. The largest absolute Gasteiger partial charge is 0.496 e. The van der Waals surface area contributed by atoms with E-state index in [-0.39, 0.29) is 6.10 Å². The minimum absolute atomic E-state index is 0.0330. The first kappa shape index (κ1) is 21.2. The van der Waals surface area contributed by atoms with Crippen molar-refractivity contribution in [2.75, 3.05) is 13.2 Å². The van der Waals surface area contributed by atoms with Crippen LogP contribution in [0.4, 0.5) is 0 Å². The second-order valence-electron chi connectivity index (χ2n) is 7.07. The van der Waals surface area contributed by atoms with Crippen LogP contribution < -0.4 is 0 Å². The van der Waals surface area contributed by atoms with Gasteiger partial charge in [-0.05, 0) is 25.3 Å².